The first-order valence-corrected chi connectivity index (χ1v) is 6.61. The molecule has 0 aromatic carbocycles. The molecule has 1 aromatic rings. The lowest BCUT2D eigenvalue weighted by atomic mass is 10.1. The number of hydrogen-bond donors (Lipinski definition) is 1. The standard InChI is InChI=1S/C14H20N2O4/c1-4-16(9-10(3)13(17)18)12-11(7-6-8-15-12)14(19)20-5-2/h6-8,10H,4-5,9H2,1-3H3,(H,17,18). The third-order valence-corrected chi connectivity index (χ3v) is 2.88. The van der Waals surface area contributed by atoms with Gasteiger partial charge in [0.05, 0.1) is 12.5 Å². The predicted molar refractivity (Wildman–Crippen MR) is 74.9 cm³/mol. The van der Waals surface area contributed by atoms with E-state index in [4.69, 9.17) is 9.84 Å². The molecule has 1 heterocycles. The molecule has 1 unspecified atom stereocenters. The van der Waals surface area contributed by atoms with Crippen molar-refractivity contribution in [2.45, 2.75) is 20.8 Å². The number of hydrogen-bond acceptors (Lipinski definition) is 5. The molecule has 20 heavy (non-hydrogen) atoms. The van der Waals surface area contributed by atoms with E-state index in [1.54, 1.807) is 37.1 Å². The molecule has 1 atom stereocenters. The van der Waals surface area contributed by atoms with Crippen LogP contribution in [0.3, 0.4) is 0 Å². The van der Waals surface area contributed by atoms with Gasteiger partial charge in [0.2, 0.25) is 0 Å². The fourth-order valence-electron chi connectivity index (χ4n) is 1.79. The number of carbonyl (C=O) groups excluding carboxylic acids is 1. The Hall–Kier alpha value is -2.11. The zero-order valence-corrected chi connectivity index (χ0v) is 12.0. The van der Waals surface area contributed by atoms with Crippen LogP contribution >= 0.6 is 0 Å². The summed E-state index contributed by atoms with van der Waals surface area (Å²) >= 11 is 0. The molecule has 0 saturated heterocycles. The van der Waals surface area contributed by atoms with Crippen LogP contribution < -0.4 is 4.90 Å². The molecule has 1 rings (SSSR count). The van der Waals surface area contributed by atoms with E-state index < -0.39 is 17.9 Å². The number of ether oxygens (including phenoxy) is 1. The molecule has 0 amide bonds. The Labute approximate surface area is 118 Å². The fraction of sp³-hybridized carbons (Fsp3) is 0.500. The molecule has 0 saturated carbocycles. The summed E-state index contributed by atoms with van der Waals surface area (Å²) in [5.41, 5.74) is 0.355. The second kappa shape index (κ2) is 7.47. The number of nitrogens with zero attached hydrogens (tertiary/aromatic N) is 2. The molecule has 6 nitrogen and oxygen atoms in total. The quantitative estimate of drug-likeness (QED) is 0.767. The van der Waals surface area contributed by atoms with Crippen molar-refractivity contribution < 1.29 is 19.4 Å². The highest BCUT2D eigenvalue weighted by Crippen LogP contribution is 2.19. The van der Waals surface area contributed by atoms with Crippen molar-refractivity contribution in [3.05, 3.63) is 23.9 Å². The molecule has 1 N–H and O–H groups in total. The van der Waals surface area contributed by atoms with Gasteiger partial charge in [0.1, 0.15) is 11.4 Å². The summed E-state index contributed by atoms with van der Waals surface area (Å²) in [7, 11) is 0. The number of carboxylic acid groups (broad SMARTS) is 1. The largest absolute Gasteiger partial charge is 0.481 e. The molecule has 0 fully saturated rings. The van der Waals surface area contributed by atoms with Gasteiger partial charge in [-0.25, -0.2) is 9.78 Å². The first-order chi connectivity index (χ1) is 9.51. The fourth-order valence-corrected chi connectivity index (χ4v) is 1.79. The van der Waals surface area contributed by atoms with Crippen molar-refractivity contribution in [1.29, 1.82) is 0 Å². The van der Waals surface area contributed by atoms with Crippen LogP contribution in [0.4, 0.5) is 5.82 Å². The van der Waals surface area contributed by atoms with Gasteiger partial charge in [-0.1, -0.05) is 6.92 Å². The number of pyridine rings is 1. The molecule has 1 aromatic heterocycles. The summed E-state index contributed by atoms with van der Waals surface area (Å²) in [6.07, 6.45) is 1.58. The average molecular weight is 280 g/mol. The molecule has 0 spiro atoms. The summed E-state index contributed by atoms with van der Waals surface area (Å²) in [6.45, 7) is 6.37. The Morgan fingerprint density at radius 3 is 2.70 bits per heavy atom. The summed E-state index contributed by atoms with van der Waals surface area (Å²) in [6, 6.07) is 3.29. The summed E-state index contributed by atoms with van der Waals surface area (Å²) in [4.78, 5) is 28.8. The lowest BCUT2D eigenvalue weighted by Crippen LogP contribution is -2.33. The van der Waals surface area contributed by atoms with Gasteiger partial charge in [-0.2, -0.15) is 0 Å². The SMILES string of the molecule is CCOC(=O)c1cccnc1N(CC)CC(C)C(=O)O. The van der Waals surface area contributed by atoms with Crippen molar-refractivity contribution in [1.82, 2.24) is 4.98 Å². The lowest BCUT2D eigenvalue weighted by molar-refractivity contribution is -0.140. The van der Waals surface area contributed by atoms with Crippen LogP contribution in [0.2, 0.25) is 0 Å². The van der Waals surface area contributed by atoms with Crippen LogP contribution in [0.15, 0.2) is 18.3 Å². The van der Waals surface area contributed by atoms with E-state index in [0.29, 0.717) is 17.9 Å². The minimum absolute atomic E-state index is 0.283. The highest BCUT2D eigenvalue weighted by molar-refractivity contribution is 5.94. The average Bonchev–Trinajstić information content (AvgIpc) is 2.44. The Morgan fingerprint density at radius 2 is 2.15 bits per heavy atom. The first-order valence-electron chi connectivity index (χ1n) is 6.61. The van der Waals surface area contributed by atoms with E-state index in [2.05, 4.69) is 4.98 Å². The molecule has 0 aliphatic carbocycles. The monoisotopic (exact) mass is 280 g/mol. The van der Waals surface area contributed by atoms with E-state index in [1.807, 2.05) is 6.92 Å². The van der Waals surface area contributed by atoms with Gasteiger partial charge in [-0.15, -0.1) is 0 Å². The zero-order chi connectivity index (χ0) is 15.1. The van der Waals surface area contributed by atoms with E-state index in [0.717, 1.165) is 0 Å². The van der Waals surface area contributed by atoms with Gasteiger partial charge in [0.15, 0.2) is 0 Å². The maximum atomic E-state index is 11.9. The van der Waals surface area contributed by atoms with E-state index in [1.165, 1.54) is 0 Å². The maximum absolute atomic E-state index is 11.9. The molecule has 0 bridgehead atoms. The Morgan fingerprint density at radius 1 is 1.45 bits per heavy atom. The molecule has 110 valence electrons. The van der Waals surface area contributed by atoms with Gasteiger partial charge >= 0.3 is 11.9 Å². The molecule has 6 heteroatoms. The number of carbonyl (C=O) groups is 2. The number of aliphatic carboxylic acids is 1. The van der Waals surface area contributed by atoms with Crippen LogP contribution in [0.5, 0.6) is 0 Å². The molecule has 0 aliphatic rings. The highest BCUT2D eigenvalue weighted by atomic mass is 16.5. The van der Waals surface area contributed by atoms with E-state index in [-0.39, 0.29) is 13.2 Å². The Bertz CT molecular complexity index is 476. The van der Waals surface area contributed by atoms with Crippen molar-refractivity contribution >= 4 is 17.8 Å². The number of rotatable bonds is 7. The number of esters is 1. The lowest BCUT2D eigenvalue weighted by Gasteiger charge is -2.25. The topological polar surface area (TPSA) is 79.7 Å². The molecular weight excluding hydrogens is 260 g/mol. The van der Waals surface area contributed by atoms with Gasteiger partial charge in [-0.05, 0) is 26.0 Å². The number of carboxylic acids is 1. The summed E-state index contributed by atoms with van der Waals surface area (Å²) < 4.78 is 4.99. The minimum atomic E-state index is -0.878. The van der Waals surface area contributed by atoms with Gasteiger partial charge in [-0.3, -0.25) is 4.79 Å². The van der Waals surface area contributed by atoms with Crippen LogP contribution in [0, 0.1) is 5.92 Å². The van der Waals surface area contributed by atoms with Gasteiger partial charge < -0.3 is 14.7 Å². The Balaban J connectivity index is 3.03. The first kappa shape index (κ1) is 15.9. The van der Waals surface area contributed by atoms with Crippen LogP contribution in [0.1, 0.15) is 31.1 Å². The van der Waals surface area contributed by atoms with Crippen LogP contribution in [-0.2, 0) is 9.53 Å². The molecule has 0 aliphatic heterocycles. The molecule has 0 radical (unpaired) electrons. The summed E-state index contributed by atoms with van der Waals surface area (Å²) in [5.74, 6) is -1.41. The zero-order valence-electron chi connectivity index (χ0n) is 12.0. The van der Waals surface area contributed by atoms with Crippen molar-refractivity contribution in [3.8, 4) is 0 Å². The van der Waals surface area contributed by atoms with Crippen molar-refractivity contribution in [2.75, 3.05) is 24.6 Å². The summed E-state index contributed by atoms with van der Waals surface area (Å²) in [5, 5.41) is 9.00. The van der Waals surface area contributed by atoms with Crippen LogP contribution in [-0.4, -0.2) is 41.7 Å². The highest BCUT2D eigenvalue weighted by Gasteiger charge is 2.21. The predicted octanol–water partition coefficient (Wildman–Crippen LogP) is 1.81. The van der Waals surface area contributed by atoms with Gasteiger partial charge in [0.25, 0.3) is 0 Å². The maximum Gasteiger partial charge on any atom is 0.341 e. The number of aromatic nitrogens is 1. The van der Waals surface area contributed by atoms with Crippen molar-refractivity contribution in [3.63, 3.8) is 0 Å². The van der Waals surface area contributed by atoms with E-state index in [9.17, 15) is 9.59 Å². The van der Waals surface area contributed by atoms with E-state index >= 15 is 0 Å². The van der Waals surface area contributed by atoms with Crippen molar-refractivity contribution in [2.24, 2.45) is 5.92 Å². The van der Waals surface area contributed by atoms with Crippen LogP contribution in [0.25, 0.3) is 0 Å². The second-order valence-electron chi connectivity index (χ2n) is 4.37. The third kappa shape index (κ3) is 3.94. The number of anilines is 1. The van der Waals surface area contributed by atoms with Gasteiger partial charge in [0, 0.05) is 19.3 Å². The molecular formula is C14H20N2O4. The Kier molecular flexibility index (Phi) is 5.96. The second-order valence-corrected chi connectivity index (χ2v) is 4.37. The minimum Gasteiger partial charge on any atom is -0.481 e. The normalized spacial score (nSPS) is 11.8. The third-order valence-electron chi connectivity index (χ3n) is 2.88. The smallest absolute Gasteiger partial charge is 0.341 e.